The van der Waals surface area contributed by atoms with Gasteiger partial charge in [-0.25, -0.2) is 10.1 Å². The van der Waals surface area contributed by atoms with E-state index in [1.165, 1.54) is 5.56 Å². The van der Waals surface area contributed by atoms with Crippen molar-refractivity contribution in [3.63, 3.8) is 0 Å². The third-order valence-corrected chi connectivity index (χ3v) is 3.01. The zero-order valence-corrected chi connectivity index (χ0v) is 10.8. The van der Waals surface area contributed by atoms with Crippen molar-refractivity contribution in [1.82, 2.24) is 10.2 Å². The van der Waals surface area contributed by atoms with Crippen molar-refractivity contribution in [2.45, 2.75) is 20.0 Å². The number of hydrogen-bond donors (Lipinski definition) is 0. The smallest absolute Gasteiger partial charge is 0.410 e. The van der Waals surface area contributed by atoms with Gasteiger partial charge in [0.15, 0.2) is 0 Å². The van der Waals surface area contributed by atoms with E-state index in [0.29, 0.717) is 13.2 Å². The maximum atomic E-state index is 11.9. The molecule has 0 atom stereocenters. The van der Waals surface area contributed by atoms with Gasteiger partial charge in [-0.1, -0.05) is 29.8 Å². The molecule has 0 aliphatic carbocycles. The highest BCUT2D eigenvalue weighted by Crippen LogP contribution is 2.07. The summed E-state index contributed by atoms with van der Waals surface area (Å²) >= 11 is 0. The Labute approximate surface area is 108 Å². The van der Waals surface area contributed by atoms with Gasteiger partial charge < -0.3 is 9.64 Å². The van der Waals surface area contributed by atoms with Gasteiger partial charge in [-0.05, 0) is 18.9 Å². The summed E-state index contributed by atoms with van der Waals surface area (Å²) in [7, 11) is 0. The topological polar surface area (TPSA) is 43.6 Å². The van der Waals surface area contributed by atoms with Crippen LogP contribution in [0.15, 0.2) is 24.3 Å². The summed E-state index contributed by atoms with van der Waals surface area (Å²) in [4.78, 5) is 13.6. The molecule has 2 rings (SSSR count). The highest BCUT2D eigenvalue weighted by Gasteiger charge is 2.16. The predicted molar refractivity (Wildman–Crippen MR) is 69.4 cm³/mol. The van der Waals surface area contributed by atoms with Gasteiger partial charge in [-0.15, -0.1) is 0 Å². The largest absolute Gasteiger partial charge is 0.445 e. The van der Waals surface area contributed by atoms with Crippen LogP contribution < -0.4 is 5.32 Å². The SMILES string of the molecule is Cc1ccc(COC(=O)N2CCC[N]CC2)cc1. The van der Waals surface area contributed by atoms with E-state index in [0.717, 1.165) is 31.6 Å². The van der Waals surface area contributed by atoms with Crippen LogP contribution in [0.2, 0.25) is 0 Å². The first-order valence-electron chi connectivity index (χ1n) is 6.36. The van der Waals surface area contributed by atoms with Crippen LogP contribution >= 0.6 is 0 Å². The average molecular weight is 247 g/mol. The van der Waals surface area contributed by atoms with Crippen LogP contribution in [-0.4, -0.2) is 37.2 Å². The minimum atomic E-state index is -0.229. The summed E-state index contributed by atoms with van der Waals surface area (Å²) in [6, 6.07) is 8.02. The number of nitrogens with zero attached hydrogens (tertiary/aromatic N) is 2. The van der Waals surface area contributed by atoms with E-state index in [2.05, 4.69) is 5.32 Å². The van der Waals surface area contributed by atoms with E-state index in [4.69, 9.17) is 4.74 Å². The number of ether oxygens (including phenoxy) is 1. The quantitative estimate of drug-likeness (QED) is 0.801. The van der Waals surface area contributed by atoms with E-state index in [9.17, 15) is 4.79 Å². The molecule has 1 aromatic carbocycles. The molecule has 0 aromatic heterocycles. The summed E-state index contributed by atoms with van der Waals surface area (Å²) in [6.45, 7) is 5.37. The average Bonchev–Trinajstić information content (AvgIpc) is 2.66. The molecule has 4 heteroatoms. The zero-order valence-electron chi connectivity index (χ0n) is 10.8. The van der Waals surface area contributed by atoms with Gasteiger partial charge in [0.25, 0.3) is 0 Å². The Hall–Kier alpha value is -1.55. The van der Waals surface area contributed by atoms with Crippen molar-refractivity contribution in [3.05, 3.63) is 35.4 Å². The lowest BCUT2D eigenvalue weighted by atomic mass is 10.2. The van der Waals surface area contributed by atoms with Crippen molar-refractivity contribution in [2.24, 2.45) is 0 Å². The molecule has 1 saturated heterocycles. The number of amides is 1. The number of carbonyl (C=O) groups excluding carboxylic acids is 1. The fourth-order valence-electron chi connectivity index (χ4n) is 1.89. The second-order valence-electron chi connectivity index (χ2n) is 4.55. The van der Waals surface area contributed by atoms with Crippen molar-refractivity contribution >= 4 is 6.09 Å². The molecular formula is C14H19N2O2. The van der Waals surface area contributed by atoms with Crippen molar-refractivity contribution in [2.75, 3.05) is 26.2 Å². The van der Waals surface area contributed by atoms with Gasteiger partial charge in [0.2, 0.25) is 0 Å². The van der Waals surface area contributed by atoms with Crippen molar-refractivity contribution in [3.8, 4) is 0 Å². The third kappa shape index (κ3) is 3.74. The van der Waals surface area contributed by atoms with Crippen LogP contribution in [0, 0.1) is 6.92 Å². The molecule has 97 valence electrons. The number of aryl methyl sites for hydroxylation is 1. The van der Waals surface area contributed by atoms with Gasteiger partial charge in [-0.2, -0.15) is 0 Å². The van der Waals surface area contributed by atoms with E-state index in [-0.39, 0.29) is 6.09 Å². The minimum Gasteiger partial charge on any atom is -0.445 e. The fraction of sp³-hybridized carbons (Fsp3) is 0.500. The van der Waals surface area contributed by atoms with E-state index in [1.54, 1.807) is 4.90 Å². The van der Waals surface area contributed by atoms with E-state index < -0.39 is 0 Å². The van der Waals surface area contributed by atoms with E-state index in [1.807, 2.05) is 31.2 Å². The second-order valence-corrected chi connectivity index (χ2v) is 4.55. The molecule has 1 radical (unpaired) electrons. The molecule has 18 heavy (non-hydrogen) atoms. The van der Waals surface area contributed by atoms with Crippen molar-refractivity contribution < 1.29 is 9.53 Å². The first-order chi connectivity index (χ1) is 8.75. The lowest BCUT2D eigenvalue weighted by Crippen LogP contribution is -2.34. The van der Waals surface area contributed by atoms with Gasteiger partial charge in [0.1, 0.15) is 6.61 Å². The molecule has 4 nitrogen and oxygen atoms in total. The molecule has 0 unspecified atom stereocenters. The van der Waals surface area contributed by atoms with Crippen LogP contribution in [0.25, 0.3) is 0 Å². The Balaban J connectivity index is 1.81. The molecule has 1 aromatic rings. The normalized spacial score (nSPS) is 16.2. The Morgan fingerprint density at radius 1 is 1.28 bits per heavy atom. The maximum Gasteiger partial charge on any atom is 0.410 e. The number of rotatable bonds is 2. The monoisotopic (exact) mass is 247 g/mol. The molecule has 0 spiro atoms. The Kier molecular flexibility index (Phi) is 4.59. The number of carbonyl (C=O) groups is 1. The van der Waals surface area contributed by atoms with Gasteiger partial charge >= 0.3 is 6.09 Å². The van der Waals surface area contributed by atoms with Crippen LogP contribution in [0.3, 0.4) is 0 Å². The van der Waals surface area contributed by atoms with Crippen LogP contribution in [0.4, 0.5) is 4.79 Å². The number of benzene rings is 1. The second kappa shape index (κ2) is 6.40. The number of hydrogen-bond acceptors (Lipinski definition) is 2. The van der Waals surface area contributed by atoms with Gasteiger partial charge in [-0.3, -0.25) is 0 Å². The first-order valence-corrected chi connectivity index (χ1v) is 6.36. The lowest BCUT2D eigenvalue weighted by molar-refractivity contribution is 0.0984. The minimum absolute atomic E-state index is 0.229. The summed E-state index contributed by atoms with van der Waals surface area (Å²) in [5.41, 5.74) is 2.23. The molecule has 1 aliphatic heterocycles. The Bertz CT molecular complexity index is 381. The zero-order chi connectivity index (χ0) is 12.8. The highest BCUT2D eigenvalue weighted by molar-refractivity contribution is 5.67. The van der Waals surface area contributed by atoms with Crippen molar-refractivity contribution in [1.29, 1.82) is 0 Å². The molecular weight excluding hydrogens is 228 g/mol. The Morgan fingerprint density at radius 3 is 2.83 bits per heavy atom. The van der Waals surface area contributed by atoms with Crippen LogP contribution in [-0.2, 0) is 11.3 Å². The van der Waals surface area contributed by atoms with Gasteiger partial charge in [0.05, 0.1) is 0 Å². The first kappa shape index (κ1) is 12.9. The molecule has 0 saturated carbocycles. The summed E-state index contributed by atoms with van der Waals surface area (Å²) in [6.07, 6.45) is 0.701. The van der Waals surface area contributed by atoms with Crippen LogP contribution in [0.1, 0.15) is 17.5 Å². The van der Waals surface area contributed by atoms with E-state index >= 15 is 0 Å². The Morgan fingerprint density at radius 2 is 2.06 bits per heavy atom. The predicted octanol–water partition coefficient (Wildman–Crippen LogP) is 1.94. The molecule has 0 bridgehead atoms. The molecule has 0 N–H and O–H groups in total. The molecule has 1 heterocycles. The van der Waals surface area contributed by atoms with Gasteiger partial charge in [0, 0.05) is 26.2 Å². The molecule has 1 amide bonds. The fourth-order valence-corrected chi connectivity index (χ4v) is 1.89. The molecule has 1 aliphatic rings. The lowest BCUT2D eigenvalue weighted by Gasteiger charge is -2.19. The van der Waals surface area contributed by atoms with Crippen LogP contribution in [0.5, 0.6) is 0 Å². The highest BCUT2D eigenvalue weighted by atomic mass is 16.6. The summed E-state index contributed by atoms with van der Waals surface area (Å²) < 4.78 is 5.31. The maximum absolute atomic E-state index is 11.9. The third-order valence-electron chi connectivity index (χ3n) is 3.01. The summed E-state index contributed by atoms with van der Waals surface area (Å²) in [5, 5.41) is 4.28. The standard InChI is InChI=1S/C14H19N2O2/c1-12-3-5-13(6-4-12)11-18-14(17)16-9-2-7-15-8-10-16/h3-6H,2,7-11H2,1H3. The molecule has 1 fully saturated rings. The summed E-state index contributed by atoms with van der Waals surface area (Å²) in [5.74, 6) is 0.